The Hall–Kier alpha value is -0.0400. The Labute approximate surface area is 83.1 Å². The zero-order valence-corrected chi connectivity index (χ0v) is 9.31. The maximum Gasteiger partial charge on any atom is 0.0157 e. The van der Waals surface area contributed by atoms with Crippen LogP contribution in [-0.4, -0.2) is 5.54 Å². The molecule has 1 heteroatoms. The highest BCUT2D eigenvalue weighted by atomic mass is 14.8. The second-order valence-electron chi connectivity index (χ2n) is 4.84. The van der Waals surface area contributed by atoms with Gasteiger partial charge < -0.3 is 5.73 Å². The fourth-order valence-corrected chi connectivity index (χ4v) is 2.57. The predicted octanol–water partition coefficient (Wildman–Crippen LogP) is 3.47. The molecule has 2 atom stereocenters. The molecule has 2 N–H and O–H groups in total. The maximum absolute atomic E-state index is 6.37. The van der Waals surface area contributed by atoms with Gasteiger partial charge >= 0.3 is 0 Å². The van der Waals surface area contributed by atoms with Crippen LogP contribution in [0.25, 0.3) is 0 Å². The van der Waals surface area contributed by atoms with E-state index in [1.165, 1.54) is 51.4 Å². The summed E-state index contributed by atoms with van der Waals surface area (Å²) in [6, 6.07) is 0. The molecule has 2 unspecified atom stereocenters. The first kappa shape index (κ1) is 11.0. The van der Waals surface area contributed by atoms with Gasteiger partial charge in [-0.2, -0.15) is 0 Å². The molecule has 1 saturated carbocycles. The lowest BCUT2D eigenvalue weighted by Crippen LogP contribution is -2.36. The highest BCUT2D eigenvalue weighted by molar-refractivity contribution is 4.92. The van der Waals surface area contributed by atoms with Crippen LogP contribution < -0.4 is 5.73 Å². The molecule has 1 aliphatic rings. The summed E-state index contributed by atoms with van der Waals surface area (Å²) in [5.41, 5.74) is 6.58. The van der Waals surface area contributed by atoms with E-state index in [9.17, 15) is 0 Å². The van der Waals surface area contributed by atoms with Crippen molar-refractivity contribution >= 4 is 0 Å². The molecular weight excluding hydrogens is 158 g/mol. The van der Waals surface area contributed by atoms with Crippen LogP contribution in [0.5, 0.6) is 0 Å². The van der Waals surface area contributed by atoms with Gasteiger partial charge in [0.15, 0.2) is 0 Å². The highest BCUT2D eigenvalue weighted by Crippen LogP contribution is 2.37. The van der Waals surface area contributed by atoms with E-state index in [4.69, 9.17) is 5.73 Å². The molecule has 0 amide bonds. The standard InChI is InChI=1S/C12H25N/c1-3-5-6-8-12(13)9-7-11(4-2)10-12/h11H,3-10,13H2,1-2H3. The van der Waals surface area contributed by atoms with Crippen LogP contribution in [0.4, 0.5) is 0 Å². The van der Waals surface area contributed by atoms with E-state index in [0.29, 0.717) is 0 Å². The molecule has 13 heavy (non-hydrogen) atoms. The van der Waals surface area contributed by atoms with Gasteiger partial charge in [0, 0.05) is 5.54 Å². The van der Waals surface area contributed by atoms with Crippen LogP contribution in [0.3, 0.4) is 0 Å². The van der Waals surface area contributed by atoms with Crippen LogP contribution in [0.1, 0.15) is 65.2 Å². The second kappa shape index (κ2) is 4.99. The Bertz CT molecular complexity index is 144. The Balaban J connectivity index is 2.23. The zero-order valence-electron chi connectivity index (χ0n) is 9.31. The smallest absolute Gasteiger partial charge is 0.0157 e. The third kappa shape index (κ3) is 3.30. The van der Waals surface area contributed by atoms with Gasteiger partial charge in [0.1, 0.15) is 0 Å². The summed E-state index contributed by atoms with van der Waals surface area (Å²) in [6.07, 6.45) is 10.5. The summed E-state index contributed by atoms with van der Waals surface area (Å²) in [5.74, 6) is 0.923. The molecule has 0 aliphatic heterocycles. The minimum absolute atomic E-state index is 0.218. The van der Waals surface area contributed by atoms with E-state index in [1.807, 2.05) is 0 Å². The third-order valence-electron chi connectivity index (χ3n) is 3.60. The molecule has 0 aromatic carbocycles. The third-order valence-corrected chi connectivity index (χ3v) is 3.60. The molecular formula is C12H25N. The molecule has 1 fully saturated rings. The number of hydrogen-bond donors (Lipinski definition) is 1. The quantitative estimate of drug-likeness (QED) is 0.649. The number of nitrogens with two attached hydrogens (primary N) is 1. The Morgan fingerprint density at radius 3 is 2.62 bits per heavy atom. The van der Waals surface area contributed by atoms with E-state index in [-0.39, 0.29) is 5.54 Å². The van der Waals surface area contributed by atoms with E-state index < -0.39 is 0 Å². The largest absolute Gasteiger partial charge is 0.325 e. The molecule has 1 rings (SSSR count). The predicted molar refractivity (Wildman–Crippen MR) is 58.7 cm³/mol. The van der Waals surface area contributed by atoms with Crippen molar-refractivity contribution in [2.24, 2.45) is 11.7 Å². The summed E-state index contributed by atoms with van der Waals surface area (Å²) in [6.45, 7) is 4.55. The molecule has 0 bridgehead atoms. The Kier molecular flexibility index (Phi) is 4.24. The summed E-state index contributed by atoms with van der Waals surface area (Å²) >= 11 is 0. The fourth-order valence-electron chi connectivity index (χ4n) is 2.57. The molecule has 1 aliphatic carbocycles. The summed E-state index contributed by atoms with van der Waals surface area (Å²) in [4.78, 5) is 0. The average Bonchev–Trinajstić information content (AvgIpc) is 2.49. The molecule has 0 heterocycles. The van der Waals surface area contributed by atoms with Crippen molar-refractivity contribution in [3.63, 3.8) is 0 Å². The number of hydrogen-bond acceptors (Lipinski definition) is 1. The van der Waals surface area contributed by atoms with Gasteiger partial charge in [-0.1, -0.05) is 39.5 Å². The molecule has 0 aromatic heterocycles. The molecule has 0 saturated heterocycles. The maximum atomic E-state index is 6.37. The molecule has 78 valence electrons. The van der Waals surface area contributed by atoms with Gasteiger partial charge in [-0.05, 0) is 31.6 Å². The minimum Gasteiger partial charge on any atom is -0.325 e. The van der Waals surface area contributed by atoms with E-state index >= 15 is 0 Å². The topological polar surface area (TPSA) is 26.0 Å². The monoisotopic (exact) mass is 183 g/mol. The Morgan fingerprint density at radius 1 is 1.31 bits per heavy atom. The first-order valence-corrected chi connectivity index (χ1v) is 5.99. The zero-order chi connectivity index (χ0) is 9.73. The fraction of sp³-hybridized carbons (Fsp3) is 1.00. The Morgan fingerprint density at radius 2 is 2.08 bits per heavy atom. The summed E-state index contributed by atoms with van der Waals surface area (Å²) in [7, 11) is 0. The first-order chi connectivity index (χ1) is 6.20. The molecule has 0 radical (unpaired) electrons. The van der Waals surface area contributed by atoms with E-state index in [0.717, 1.165) is 5.92 Å². The van der Waals surface area contributed by atoms with E-state index in [2.05, 4.69) is 13.8 Å². The van der Waals surface area contributed by atoms with Crippen molar-refractivity contribution in [1.29, 1.82) is 0 Å². The van der Waals surface area contributed by atoms with E-state index in [1.54, 1.807) is 0 Å². The average molecular weight is 183 g/mol. The van der Waals surface area contributed by atoms with Crippen LogP contribution in [0.15, 0.2) is 0 Å². The van der Waals surface area contributed by atoms with Crippen LogP contribution in [-0.2, 0) is 0 Å². The molecule has 0 aromatic rings. The van der Waals surface area contributed by atoms with Gasteiger partial charge in [0.05, 0.1) is 0 Å². The van der Waals surface area contributed by atoms with Crippen LogP contribution >= 0.6 is 0 Å². The first-order valence-electron chi connectivity index (χ1n) is 5.99. The number of rotatable bonds is 5. The van der Waals surface area contributed by atoms with Crippen molar-refractivity contribution in [2.45, 2.75) is 70.8 Å². The summed E-state index contributed by atoms with van der Waals surface area (Å²) < 4.78 is 0. The SMILES string of the molecule is CCCCCC1(N)CCC(CC)C1. The van der Waals surface area contributed by atoms with Crippen molar-refractivity contribution in [3.05, 3.63) is 0 Å². The van der Waals surface area contributed by atoms with Gasteiger partial charge in [0.2, 0.25) is 0 Å². The second-order valence-corrected chi connectivity index (χ2v) is 4.84. The van der Waals surface area contributed by atoms with Crippen LogP contribution in [0.2, 0.25) is 0 Å². The van der Waals surface area contributed by atoms with Gasteiger partial charge in [-0.25, -0.2) is 0 Å². The lowest BCUT2D eigenvalue weighted by atomic mass is 9.90. The van der Waals surface area contributed by atoms with Crippen molar-refractivity contribution in [1.82, 2.24) is 0 Å². The molecule has 1 nitrogen and oxygen atoms in total. The minimum atomic E-state index is 0.218. The van der Waals surface area contributed by atoms with Crippen LogP contribution in [0, 0.1) is 5.92 Å². The van der Waals surface area contributed by atoms with Crippen molar-refractivity contribution < 1.29 is 0 Å². The normalized spacial score (nSPS) is 33.9. The molecule has 0 spiro atoms. The number of unbranched alkanes of at least 4 members (excludes halogenated alkanes) is 2. The lowest BCUT2D eigenvalue weighted by molar-refractivity contribution is 0.367. The van der Waals surface area contributed by atoms with Crippen molar-refractivity contribution in [3.8, 4) is 0 Å². The van der Waals surface area contributed by atoms with Crippen molar-refractivity contribution in [2.75, 3.05) is 0 Å². The van der Waals surface area contributed by atoms with Gasteiger partial charge in [-0.3, -0.25) is 0 Å². The van der Waals surface area contributed by atoms with Gasteiger partial charge in [0.25, 0.3) is 0 Å². The highest BCUT2D eigenvalue weighted by Gasteiger charge is 2.33. The lowest BCUT2D eigenvalue weighted by Gasteiger charge is -2.24. The summed E-state index contributed by atoms with van der Waals surface area (Å²) in [5, 5.41) is 0. The van der Waals surface area contributed by atoms with Gasteiger partial charge in [-0.15, -0.1) is 0 Å².